The van der Waals surface area contributed by atoms with Crippen molar-refractivity contribution in [2.75, 3.05) is 13.2 Å². The number of hydrogen-bond acceptors (Lipinski definition) is 4. The summed E-state index contributed by atoms with van der Waals surface area (Å²) in [6.07, 6.45) is 7.89. The van der Waals surface area contributed by atoms with E-state index >= 15 is 0 Å². The van der Waals surface area contributed by atoms with Gasteiger partial charge in [0.1, 0.15) is 0 Å². The van der Waals surface area contributed by atoms with Crippen LogP contribution in [0.1, 0.15) is 62.7 Å². The molecule has 0 amide bonds. The number of benzene rings is 1. The number of hydrogen-bond donors (Lipinski definition) is 0. The molecule has 0 bridgehead atoms. The van der Waals surface area contributed by atoms with Gasteiger partial charge in [0.05, 0.1) is 36.2 Å². The maximum Gasteiger partial charge on any atom is 0.168 e. The second-order valence-electron chi connectivity index (χ2n) is 7.71. The smallest absolute Gasteiger partial charge is 0.168 e. The fourth-order valence-electron chi connectivity index (χ4n) is 4.55. The van der Waals surface area contributed by atoms with Gasteiger partial charge in [-0.25, -0.2) is 0 Å². The molecule has 0 N–H and O–H groups in total. The molecule has 1 saturated carbocycles. The second kappa shape index (κ2) is 5.84. The van der Waals surface area contributed by atoms with Crippen molar-refractivity contribution in [2.24, 2.45) is 5.16 Å². The lowest BCUT2D eigenvalue weighted by Gasteiger charge is -2.17. The van der Waals surface area contributed by atoms with Crippen molar-refractivity contribution in [3.63, 3.8) is 0 Å². The molecule has 1 spiro atoms. The minimum Gasteiger partial charge on any atom is -0.386 e. The first-order valence-electron chi connectivity index (χ1n) is 9.62. The van der Waals surface area contributed by atoms with Crippen LogP contribution < -0.4 is 0 Å². The number of oxime groups is 1. The van der Waals surface area contributed by atoms with Gasteiger partial charge < -0.3 is 9.57 Å². The monoisotopic (exact) mass is 339 g/mol. The molecule has 2 aromatic rings. The van der Waals surface area contributed by atoms with Crippen LogP contribution in [-0.2, 0) is 16.0 Å². The highest BCUT2D eigenvalue weighted by Gasteiger charge is 2.43. The van der Waals surface area contributed by atoms with Crippen molar-refractivity contribution in [1.29, 1.82) is 0 Å². The zero-order valence-electron chi connectivity index (χ0n) is 14.8. The van der Waals surface area contributed by atoms with E-state index in [0.717, 1.165) is 37.1 Å². The molecular weight excluding hydrogens is 314 g/mol. The molecule has 1 aromatic heterocycles. The van der Waals surface area contributed by atoms with Gasteiger partial charge in [0.25, 0.3) is 0 Å². The first-order valence-corrected chi connectivity index (χ1v) is 9.62. The standard InChI is InChI=1S/C20H25N3O2/c1-2-17-16-11-14(18-12-20(25-22-18)9-10-24-13-20)7-8-19(16)23(21-17)15-5-3-4-6-15/h7-8,11,15H,2-6,9-10,12-13H2,1H3. The van der Waals surface area contributed by atoms with Crippen molar-refractivity contribution < 1.29 is 9.57 Å². The molecule has 25 heavy (non-hydrogen) atoms. The predicted molar refractivity (Wildman–Crippen MR) is 97.0 cm³/mol. The molecule has 5 heteroatoms. The molecule has 0 radical (unpaired) electrons. The normalized spacial score (nSPS) is 26.7. The largest absolute Gasteiger partial charge is 0.386 e. The van der Waals surface area contributed by atoms with E-state index in [9.17, 15) is 0 Å². The van der Waals surface area contributed by atoms with E-state index in [1.807, 2.05) is 0 Å². The summed E-state index contributed by atoms with van der Waals surface area (Å²) in [5.74, 6) is 0. The minimum atomic E-state index is -0.216. The summed E-state index contributed by atoms with van der Waals surface area (Å²) < 4.78 is 7.80. The quantitative estimate of drug-likeness (QED) is 0.849. The lowest BCUT2D eigenvalue weighted by atomic mass is 9.93. The van der Waals surface area contributed by atoms with Crippen molar-refractivity contribution in [2.45, 2.75) is 63.5 Å². The summed E-state index contributed by atoms with van der Waals surface area (Å²) in [5, 5.41) is 10.6. The van der Waals surface area contributed by atoms with Crippen molar-refractivity contribution >= 4 is 16.6 Å². The number of ether oxygens (including phenoxy) is 1. The Labute approximate surface area is 148 Å². The van der Waals surface area contributed by atoms with E-state index in [-0.39, 0.29) is 5.60 Å². The number of aromatic nitrogens is 2. The summed E-state index contributed by atoms with van der Waals surface area (Å²) in [4.78, 5) is 5.77. The van der Waals surface area contributed by atoms with Crippen LogP contribution >= 0.6 is 0 Å². The van der Waals surface area contributed by atoms with Gasteiger partial charge in [0, 0.05) is 23.8 Å². The van der Waals surface area contributed by atoms with E-state index < -0.39 is 0 Å². The summed E-state index contributed by atoms with van der Waals surface area (Å²) in [6, 6.07) is 7.25. The fraction of sp³-hybridized carbons (Fsp3) is 0.600. The Morgan fingerprint density at radius 2 is 2.16 bits per heavy atom. The van der Waals surface area contributed by atoms with Crippen LogP contribution in [0.4, 0.5) is 0 Å². The molecule has 1 unspecified atom stereocenters. The third-order valence-corrected chi connectivity index (χ3v) is 6.03. The third kappa shape index (κ3) is 2.48. The van der Waals surface area contributed by atoms with Gasteiger partial charge in [-0.15, -0.1) is 0 Å². The molecule has 1 atom stereocenters. The fourth-order valence-corrected chi connectivity index (χ4v) is 4.55. The van der Waals surface area contributed by atoms with Gasteiger partial charge in [-0.3, -0.25) is 4.68 Å². The maximum atomic E-state index is 5.77. The Kier molecular flexibility index (Phi) is 3.59. The lowest BCUT2D eigenvalue weighted by Crippen LogP contribution is -2.29. The third-order valence-electron chi connectivity index (χ3n) is 6.03. The number of fused-ring (bicyclic) bond motifs is 1. The van der Waals surface area contributed by atoms with E-state index in [1.165, 1.54) is 42.3 Å². The first-order chi connectivity index (χ1) is 12.3. The number of nitrogens with zero attached hydrogens (tertiary/aromatic N) is 3. The van der Waals surface area contributed by atoms with Gasteiger partial charge in [0.15, 0.2) is 5.60 Å². The molecule has 1 aliphatic carbocycles. The Morgan fingerprint density at radius 1 is 1.28 bits per heavy atom. The summed E-state index contributed by atoms with van der Waals surface area (Å²) in [6.45, 7) is 3.62. The van der Waals surface area contributed by atoms with Crippen LogP contribution in [-0.4, -0.2) is 34.3 Å². The molecule has 5 nitrogen and oxygen atoms in total. The average Bonchev–Trinajstić information content (AvgIpc) is 3.43. The Balaban J connectivity index is 1.51. The molecule has 3 aliphatic rings. The van der Waals surface area contributed by atoms with E-state index in [2.05, 4.69) is 35.0 Å². The molecule has 132 valence electrons. The first kappa shape index (κ1) is 15.4. The van der Waals surface area contributed by atoms with Crippen molar-refractivity contribution in [3.05, 3.63) is 29.5 Å². The Bertz CT molecular complexity index is 827. The van der Waals surface area contributed by atoms with Crippen LogP contribution in [0.15, 0.2) is 23.4 Å². The molecule has 1 aromatic carbocycles. The SMILES string of the molecule is CCc1nn(C2CCCC2)c2ccc(C3=NOC4(CCOC4)C3)cc12. The van der Waals surface area contributed by atoms with Crippen molar-refractivity contribution in [3.8, 4) is 0 Å². The average molecular weight is 339 g/mol. The topological polar surface area (TPSA) is 48.6 Å². The second-order valence-corrected chi connectivity index (χ2v) is 7.71. The van der Waals surface area contributed by atoms with Crippen LogP contribution in [0.25, 0.3) is 10.9 Å². The highest BCUT2D eigenvalue weighted by atomic mass is 16.7. The molecule has 1 saturated heterocycles. The summed E-state index contributed by atoms with van der Waals surface area (Å²) in [5.41, 5.74) is 4.46. The van der Waals surface area contributed by atoms with Crippen LogP contribution in [0.2, 0.25) is 0 Å². The molecule has 2 aliphatic heterocycles. The van der Waals surface area contributed by atoms with Gasteiger partial charge in [-0.1, -0.05) is 31.0 Å². The lowest BCUT2D eigenvalue weighted by molar-refractivity contribution is -0.0237. The van der Waals surface area contributed by atoms with Gasteiger partial charge in [-0.2, -0.15) is 5.10 Å². The predicted octanol–water partition coefficient (Wildman–Crippen LogP) is 4.00. The van der Waals surface area contributed by atoms with Crippen LogP contribution in [0.3, 0.4) is 0 Å². The highest BCUT2D eigenvalue weighted by Crippen LogP contribution is 2.36. The minimum absolute atomic E-state index is 0.216. The summed E-state index contributed by atoms with van der Waals surface area (Å²) >= 11 is 0. The van der Waals surface area contributed by atoms with E-state index in [0.29, 0.717) is 12.6 Å². The maximum absolute atomic E-state index is 5.77. The molecule has 2 fully saturated rings. The van der Waals surface area contributed by atoms with E-state index in [1.54, 1.807) is 0 Å². The zero-order valence-corrected chi connectivity index (χ0v) is 14.8. The number of aryl methyl sites for hydroxylation is 1. The van der Waals surface area contributed by atoms with Gasteiger partial charge >= 0.3 is 0 Å². The molecule has 5 rings (SSSR count). The Hall–Kier alpha value is -1.88. The Morgan fingerprint density at radius 3 is 2.92 bits per heavy atom. The van der Waals surface area contributed by atoms with Crippen LogP contribution in [0, 0.1) is 0 Å². The summed E-state index contributed by atoms with van der Waals surface area (Å²) in [7, 11) is 0. The zero-order chi connectivity index (χ0) is 16.9. The molecular formula is C20H25N3O2. The number of rotatable bonds is 3. The van der Waals surface area contributed by atoms with Crippen LogP contribution in [0.5, 0.6) is 0 Å². The van der Waals surface area contributed by atoms with Gasteiger partial charge in [-0.05, 0) is 31.4 Å². The highest BCUT2D eigenvalue weighted by molar-refractivity contribution is 6.04. The van der Waals surface area contributed by atoms with Gasteiger partial charge in [0.2, 0.25) is 0 Å². The molecule has 3 heterocycles. The van der Waals surface area contributed by atoms with E-state index in [4.69, 9.17) is 14.7 Å². The van der Waals surface area contributed by atoms with Crippen molar-refractivity contribution in [1.82, 2.24) is 9.78 Å².